The summed E-state index contributed by atoms with van der Waals surface area (Å²) in [5.74, 6) is -1.56. The fourth-order valence-electron chi connectivity index (χ4n) is 7.36. The molecule has 3 aromatic rings. The molecule has 0 saturated carbocycles. The molecule has 2 amide bonds. The summed E-state index contributed by atoms with van der Waals surface area (Å²) in [4.78, 5) is 45.1. The Morgan fingerprint density at radius 2 is 1.49 bits per heavy atom. The molecule has 2 N–H and O–H groups in total. The number of carbonyl (C=O) groups is 3. The maximum atomic E-state index is 14.5. The van der Waals surface area contributed by atoms with Gasteiger partial charge in [-0.05, 0) is 49.2 Å². The Balaban J connectivity index is 1.61. The van der Waals surface area contributed by atoms with Gasteiger partial charge in [-0.25, -0.2) is 0 Å². The van der Waals surface area contributed by atoms with Gasteiger partial charge in [-0.1, -0.05) is 60.1 Å². The van der Waals surface area contributed by atoms with E-state index in [9.17, 15) is 14.4 Å². The number of carbonyl (C=O) groups excluding carboxylic acids is 3. The van der Waals surface area contributed by atoms with Crippen LogP contribution in [0.4, 0.5) is 11.4 Å². The number of rotatable bonds is 2. The van der Waals surface area contributed by atoms with Crippen molar-refractivity contribution in [3.05, 3.63) is 94.5 Å². The molecule has 174 valence electrons. The predicted octanol–water partition coefficient (Wildman–Crippen LogP) is 4.35. The highest BCUT2D eigenvalue weighted by Gasteiger charge is 2.81. The van der Waals surface area contributed by atoms with E-state index in [4.69, 9.17) is 11.6 Å². The number of halogens is 1. The molecule has 0 radical (unpaired) electrons. The van der Waals surface area contributed by atoms with Crippen LogP contribution in [0.25, 0.3) is 0 Å². The van der Waals surface area contributed by atoms with Gasteiger partial charge in [0.2, 0.25) is 5.91 Å². The van der Waals surface area contributed by atoms with Crippen LogP contribution in [0, 0.1) is 5.92 Å². The lowest BCUT2D eigenvalue weighted by Gasteiger charge is -2.43. The standard InChI is InChI=1S/C28H22ClN3O3/c29-19-11-4-1-8-16(19)24(33)23-22-14-7-15-32(22)28(18-10-3-6-13-21(18)31-26(28)35)27(23)17-9-2-5-12-20(17)30-25(27)34/h1-6,8-13,22-23H,7,14-15H2,(H,30,34)(H,31,35)/t22-,23-,27+,28+/m1/s1. The SMILES string of the molecule is O=C(c1ccccc1Cl)[C@H]1[C@H]2CCCN2[C@@]2(C(=O)Nc3ccccc32)[C@]12C(=O)Nc1ccccc12. The van der Waals surface area contributed by atoms with Gasteiger partial charge in [0.1, 0.15) is 11.0 Å². The summed E-state index contributed by atoms with van der Waals surface area (Å²) in [6.07, 6.45) is 1.56. The number of anilines is 2. The van der Waals surface area contributed by atoms with Crippen LogP contribution in [0.3, 0.4) is 0 Å². The van der Waals surface area contributed by atoms with E-state index in [1.165, 1.54) is 0 Å². The van der Waals surface area contributed by atoms with Crippen molar-refractivity contribution >= 4 is 40.6 Å². The molecule has 0 unspecified atom stereocenters. The second-order valence-electron chi connectivity index (χ2n) is 9.74. The number of Topliss-reactive ketones (excluding diaryl/α,β-unsaturated/α-hetero) is 1. The Labute approximate surface area is 207 Å². The van der Waals surface area contributed by atoms with Gasteiger partial charge in [-0.2, -0.15) is 0 Å². The monoisotopic (exact) mass is 483 g/mol. The molecular formula is C28H22ClN3O3. The van der Waals surface area contributed by atoms with Crippen LogP contribution in [0.1, 0.15) is 34.3 Å². The summed E-state index contributed by atoms with van der Waals surface area (Å²) in [5.41, 5.74) is 0.365. The van der Waals surface area contributed by atoms with E-state index in [-0.39, 0.29) is 23.6 Å². The molecule has 2 saturated heterocycles. The van der Waals surface area contributed by atoms with E-state index >= 15 is 0 Å². The van der Waals surface area contributed by atoms with Gasteiger partial charge in [-0.3, -0.25) is 19.3 Å². The molecule has 3 aromatic carbocycles. The van der Waals surface area contributed by atoms with E-state index < -0.39 is 16.9 Å². The Morgan fingerprint density at radius 1 is 0.857 bits per heavy atom. The molecule has 0 aromatic heterocycles. The average molecular weight is 484 g/mol. The Kier molecular flexibility index (Phi) is 4.19. The van der Waals surface area contributed by atoms with E-state index in [0.717, 1.165) is 18.4 Å². The lowest BCUT2D eigenvalue weighted by molar-refractivity contribution is -0.137. The van der Waals surface area contributed by atoms with Crippen molar-refractivity contribution in [3.63, 3.8) is 0 Å². The fourth-order valence-corrected chi connectivity index (χ4v) is 7.59. The van der Waals surface area contributed by atoms with Crippen molar-refractivity contribution in [2.75, 3.05) is 17.2 Å². The minimum Gasteiger partial charge on any atom is -0.325 e. The molecule has 4 aliphatic heterocycles. The molecule has 4 aliphatic rings. The zero-order valence-corrected chi connectivity index (χ0v) is 19.5. The van der Waals surface area contributed by atoms with Gasteiger partial charge >= 0.3 is 0 Å². The highest BCUT2D eigenvalue weighted by atomic mass is 35.5. The number of amides is 2. The zero-order valence-electron chi connectivity index (χ0n) is 18.8. The van der Waals surface area contributed by atoms with E-state index in [1.54, 1.807) is 24.3 Å². The Hall–Kier alpha value is -3.48. The quantitative estimate of drug-likeness (QED) is 0.531. The van der Waals surface area contributed by atoms with Crippen LogP contribution in [0.5, 0.6) is 0 Å². The van der Waals surface area contributed by atoms with E-state index in [1.807, 2.05) is 48.5 Å². The molecule has 7 heteroatoms. The zero-order chi connectivity index (χ0) is 23.9. The van der Waals surface area contributed by atoms with Crippen LogP contribution in [0.15, 0.2) is 72.8 Å². The summed E-state index contributed by atoms with van der Waals surface area (Å²) in [6.45, 7) is 0.621. The lowest BCUT2D eigenvalue weighted by Crippen LogP contribution is -2.62. The molecule has 0 aliphatic carbocycles. The van der Waals surface area contributed by atoms with Crippen LogP contribution in [0.2, 0.25) is 5.02 Å². The van der Waals surface area contributed by atoms with Crippen molar-refractivity contribution < 1.29 is 14.4 Å². The minimum atomic E-state index is -1.44. The van der Waals surface area contributed by atoms with Gasteiger partial charge in [0, 0.05) is 28.5 Å². The molecule has 4 atom stereocenters. The maximum absolute atomic E-state index is 14.5. The van der Waals surface area contributed by atoms with E-state index in [2.05, 4.69) is 15.5 Å². The molecule has 2 fully saturated rings. The molecule has 4 heterocycles. The first-order chi connectivity index (χ1) is 17.0. The number of nitrogens with one attached hydrogen (secondary N) is 2. The number of ketones is 1. The molecule has 7 rings (SSSR count). The smallest absolute Gasteiger partial charge is 0.251 e. The highest BCUT2D eigenvalue weighted by Crippen LogP contribution is 2.67. The number of para-hydroxylation sites is 2. The molecule has 0 bridgehead atoms. The molecule has 2 spiro atoms. The predicted molar refractivity (Wildman–Crippen MR) is 132 cm³/mol. The number of fused-ring (bicyclic) bond motifs is 7. The van der Waals surface area contributed by atoms with Crippen LogP contribution in [-0.2, 0) is 20.5 Å². The number of hydrogen-bond donors (Lipinski definition) is 2. The maximum Gasteiger partial charge on any atom is 0.251 e. The first kappa shape index (κ1) is 20.9. The molecule has 35 heavy (non-hydrogen) atoms. The average Bonchev–Trinajstić information content (AvgIpc) is 3.58. The number of hydrogen-bond acceptors (Lipinski definition) is 4. The van der Waals surface area contributed by atoms with Gasteiger partial charge in [0.15, 0.2) is 5.78 Å². The highest BCUT2D eigenvalue weighted by molar-refractivity contribution is 6.34. The first-order valence-electron chi connectivity index (χ1n) is 11.9. The Morgan fingerprint density at radius 3 is 2.26 bits per heavy atom. The second kappa shape index (κ2) is 7.03. The van der Waals surface area contributed by atoms with Crippen molar-refractivity contribution in [1.29, 1.82) is 0 Å². The third-order valence-electron chi connectivity index (χ3n) is 8.43. The largest absolute Gasteiger partial charge is 0.325 e. The number of benzene rings is 3. The third-order valence-corrected chi connectivity index (χ3v) is 8.76. The summed E-state index contributed by atoms with van der Waals surface area (Å²) in [5, 5.41) is 6.45. The van der Waals surface area contributed by atoms with Crippen LogP contribution in [-0.4, -0.2) is 35.1 Å². The van der Waals surface area contributed by atoms with Crippen LogP contribution < -0.4 is 10.6 Å². The van der Waals surface area contributed by atoms with Gasteiger partial charge in [-0.15, -0.1) is 0 Å². The fraction of sp³-hybridized carbons (Fsp3) is 0.250. The minimum absolute atomic E-state index is 0.201. The van der Waals surface area contributed by atoms with Gasteiger partial charge in [0.25, 0.3) is 5.91 Å². The summed E-state index contributed by atoms with van der Waals surface area (Å²) < 4.78 is 0. The van der Waals surface area contributed by atoms with Gasteiger partial charge < -0.3 is 10.6 Å². The molecular weight excluding hydrogens is 462 g/mol. The second-order valence-corrected chi connectivity index (χ2v) is 10.1. The van der Waals surface area contributed by atoms with E-state index in [0.29, 0.717) is 34.1 Å². The van der Waals surface area contributed by atoms with Crippen molar-refractivity contribution in [2.24, 2.45) is 5.92 Å². The van der Waals surface area contributed by atoms with Gasteiger partial charge in [0.05, 0.1) is 10.9 Å². The summed E-state index contributed by atoms with van der Waals surface area (Å²) in [6, 6.07) is 21.7. The normalized spacial score (nSPS) is 30.3. The molecule has 6 nitrogen and oxygen atoms in total. The lowest BCUT2D eigenvalue weighted by atomic mass is 9.57. The topological polar surface area (TPSA) is 78.5 Å². The van der Waals surface area contributed by atoms with Crippen molar-refractivity contribution in [3.8, 4) is 0 Å². The summed E-state index contributed by atoms with van der Waals surface area (Å²) >= 11 is 6.52. The first-order valence-corrected chi connectivity index (χ1v) is 12.3. The third kappa shape index (κ3) is 2.27. The van der Waals surface area contributed by atoms with Crippen molar-refractivity contribution in [1.82, 2.24) is 4.90 Å². The van der Waals surface area contributed by atoms with Crippen molar-refractivity contribution in [2.45, 2.75) is 29.8 Å². The van der Waals surface area contributed by atoms with Crippen LogP contribution >= 0.6 is 11.6 Å². The summed E-state index contributed by atoms with van der Waals surface area (Å²) in [7, 11) is 0. The Bertz CT molecular complexity index is 1450. The number of nitrogens with zero attached hydrogens (tertiary/aromatic N) is 1.